The summed E-state index contributed by atoms with van der Waals surface area (Å²) in [5.41, 5.74) is 6.14. The zero-order valence-electron chi connectivity index (χ0n) is 14.7. The van der Waals surface area contributed by atoms with Gasteiger partial charge in [0.15, 0.2) is 0 Å². The van der Waals surface area contributed by atoms with Crippen molar-refractivity contribution < 1.29 is 0 Å². The molecule has 0 radical (unpaired) electrons. The monoisotopic (exact) mass is 369 g/mol. The Kier molecular flexibility index (Phi) is 3.69. The van der Waals surface area contributed by atoms with E-state index >= 15 is 0 Å². The predicted octanol–water partition coefficient (Wildman–Crippen LogP) is 6.20. The first-order chi connectivity index (χ1) is 13.2. The third-order valence-electron chi connectivity index (χ3n) is 4.79. The molecule has 4 heteroatoms. The molecule has 0 unspecified atom stereocenters. The van der Waals surface area contributed by atoms with Crippen LogP contribution in [0.2, 0.25) is 5.02 Å². The Labute approximate surface area is 161 Å². The van der Waals surface area contributed by atoms with Crippen LogP contribution in [-0.2, 0) is 0 Å². The van der Waals surface area contributed by atoms with Crippen molar-refractivity contribution in [3.63, 3.8) is 0 Å². The Morgan fingerprint density at radius 2 is 1.67 bits per heavy atom. The standard InChI is InChI=1S/C23H16ClN3/c1-15-9-11-16(12-10-15)22-20-14-25-21-8-3-2-7-19(21)23(20)27(26-22)18-6-4-5-17(24)13-18/h2-14H,1H3. The van der Waals surface area contributed by atoms with Gasteiger partial charge in [0.1, 0.15) is 5.69 Å². The van der Waals surface area contributed by atoms with Gasteiger partial charge in [-0.1, -0.05) is 65.7 Å². The van der Waals surface area contributed by atoms with Crippen molar-refractivity contribution in [3.05, 3.63) is 89.6 Å². The topological polar surface area (TPSA) is 30.7 Å². The van der Waals surface area contributed by atoms with Crippen LogP contribution in [0.1, 0.15) is 5.56 Å². The summed E-state index contributed by atoms with van der Waals surface area (Å²) >= 11 is 6.25. The smallest absolute Gasteiger partial charge is 0.102 e. The molecule has 0 atom stereocenters. The van der Waals surface area contributed by atoms with E-state index in [1.54, 1.807) is 0 Å². The summed E-state index contributed by atoms with van der Waals surface area (Å²) in [7, 11) is 0. The number of aromatic nitrogens is 3. The molecule has 3 aromatic carbocycles. The van der Waals surface area contributed by atoms with Crippen LogP contribution in [0.15, 0.2) is 79.0 Å². The lowest BCUT2D eigenvalue weighted by molar-refractivity contribution is 0.918. The zero-order valence-corrected chi connectivity index (χ0v) is 15.5. The third-order valence-corrected chi connectivity index (χ3v) is 5.03. The van der Waals surface area contributed by atoms with E-state index in [0.717, 1.165) is 38.8 Å². The van der Waals surface area contributed by atoms with Crippen molar-refractivity contribution in [2.24, 2.45) is 0 Å². The molecule has 2 heterocycles. The Morgan fingerprint density at radius 3 is 2.48 bits per heavy atom. The highest BCUT2D eigenvalue weighted by molar-refractivity contribution is 6.30. The number of pyridine rings is 1. The van der Waals surface area contributed by atoms with E-state index in [-0.39, 0.29) is 0 Å². The highest BCUT2D eigenvalue weighted by atomic mass is 35.5. The Morgan fingerprint density at radius 1 is 0.852 bits per heavy atom. The van der Waals surface area contributed by atoms with Gasteiger partial charge in [-0.15, -0.1) is 0 Å². The molecule has 5 rings (SSSR count). The van der Waals surface area contributed by atoms with E-state index in [9.17, 15) is 0 Å². The fourth-order valence-corrected chi connectivity index (χ4v) is 3.64. The minimum absolute atomic E-state index is 0.686. The molecule has 3 nitrogen and oxygen atoms in total. The maximum atomic E-state index is 6.25. The largest absolute Gasteiger partial charge is 0.255 e. The number of para-hydroxylation sites is 1. The first kappa shape index (κ1) is 16.0. The summed E-state index contributed by atoms with van der Waals surface area (Å²) in [6.45, 7) is 2.08. The number of hydrogen-bond acceptors (Lipinski definition) is 2. The van der Waals surface area contributed by atoms with Gasteiger partial charge in [-0.05, 0) is 31.2 Å². The lowest BCUT2D eigenvalue weighted by Gasteiger charge is -2.06. The summed E-state index contributed by atoms with van der Waals surface area (Å²) in [5, 5.41) is 7.75. The number of aryl methyl sites for hydroxylation is 1. The second-order valence-corrected chi connectivity index (χ2v) is 7.08. The highest BCUT2D eigenvalue weighted by Crippen LogP contribution is 2.34. The summed E-state index contributed by atoms with van der Waals surface area (Å²) in [4.78, 5) is 4.66. The molecule has 0 bridgehead atoms. The number of nitrogens with zero attached hydrogens (tertiary/aromatic N) is 3. The fraction of sp³-hybridized carbons (Fsp3) is 0.0435. The van der Waals surface area contributed by atoms with Gasteiger partial charge < -0.3 is 0 Å². The molecule has 0 saturated heterocycles. The number of halogens is 1. The SMILES string of the molecule is Cc1ccc(-c2nn(-c3cccc(Cl)c3)c3c2cnc2ccccc23)cc1. The van der Waals surface area contributed by atoms with Crippen LogP contribution in [0.4, 0.5) is 0 Å². The van der Waals surface area contributed by atoms with Crippen molar-refractivity contribution in [3.8, 4) is 16.9 Å². The maximum Gasteiger partial charge on any atom is 0.102 e. The molecule has 5 aromatic rings. The molecule has 0 aliphatic heterocycles. The lowest BCUT2D eigenvalue weighted by atomic mass is 10.1. The Balaban J connectivity index is 1.90. The molecule has 0 aliphatic rings. The van der Waals surface area contributed by atoms with E-state index in [1.807, 2.05) is 53.3 Å². The average Bonchev–Trinajstić information content (AvgIpc) is 3.09. The summed E-state index contributed by atoms with van der Waals surface area (Å²) in [6.07, 6.45) is 1.92. The number of fused-ring (bicyclic) bond motifs is 3. The molecule has 0 amide bonds. The van der Waals surface area contributed by atoms with Gasteiger partial charge in [0.05, 0.1) is 16.7 Å². The van der Waals surface area contributed by atoms with Crippen molar-refractivity contribution in [1.82, 2.24) is 14.8 Å². The van der Waals surface area contributed by atoms with E-state index in [0.29, 0.717) is 5.02 Å². The highest BCUT2D eigenvalue weighted by Gasteiger charge is 2.17. The second-order valence-electron chi connectivity index (χ2n) is 6.64. The Bertz CT molecular complexity index is 1290. The normalized spacial score (nSPS) is 11.3. The van der Waals surface area contributed by atoms with Crippen LogP contribution in [0.5, 0.6) is 0 Å². The molecule has 0 saturated carbocycles. The van der Waals surface area contributed by atoms with E-state index < -0.39 is 0 Å². The molecule has 0 fully saturated rings. The fourth-order valence-electron chi connectivity index (χ4n) is 3.45. The quantitative estimate of drug-likeness (QED) is 0.370. The average molecular weight is 370 g/mol. The van der Waals surface area contributed by atoms with Gasteiger partial charge in [-0.2, -0.15) is 5.10 Å². The van der Waals surface area contributed by atoms with Gasteiger partial charge in [-0.25, -0.2) is 4.68 Å². The third kappa shape index (κ3) is 2.68. The van der Waals surface area contributed by atoms with Crippen LogP contribution in [-0.4, -0.2) is 14.8 Å². The van der Waals surface area contributed by atoms with Crippen LogP contribution in [0, 0.1) is 6.92 Å². The van der Waals surface area contributed by atoms with Crippen molar-refractivity contribution in [2.45, 2.75) is 6.92 Å². The van der Waals surface area contributed by atoms with Crippen LogP contribution < -0.4 is 0 Å². The van der Waals surface area contributed by atoms with Gasteiger partial charge in [0.2, 0.25) is 0 Å². The van der Waals surface area contributed by atoms with Gasteiger partial charge in [0, 0.05) is 27.6 Å². The maximum absolute atomic E-state index is 6.25. The molecule has 0 aliphatic carbocycles. The minimum atomic E-state index is 0.686. The predicted molar refractivity (Wildman–Crippen MR) is 112 cm³/mol. The van der Waals surface area contributed by atoms with E-state index in [4.69, 9.17) is 16.7 Å². The molecular formula is C23H16ClN3. The Hall–Kier alpha value is -3.17. The van der Waals surface area contributed by atoms with Crippen molar-refractivity contribution >= 4 is 33.4 Å². The number of benzene rings is 3. The van der Waals surface area contributed by atoms with Gasteiger partial charge >= 0.3 is 0 Å². The first-order valence-corrected chi connectivity index (χ1v) is 9.18. The molecule has 27 heavy (non-hydrogen) atoms. The van der Waals surface area contributed by atoms with Crippen molar-refractivity contribution in [2.75, 3.05) is 0 Å². The molecule has 0 spiro atoms. The number of hydrogen-bond donors (Lipinski definition) is 0. The van der Waals surface area contributed by atoms with Crippen molar-refractivity contribution in [1.29, 1.82) is 0 Å². The van der Waals surface area contributed by atoms with Crippen LogP contribution >= 0.6 is 11.6 Å². The first-order valence-electron chi connectivity index (χ1n) is 8.80. The van der Waals surface area contributed by atoms with Crippen LogP contribution in [0.3, 0.4) is 0 Å². The van der Waals surface area contributed by atoms with E-state index in [2.05, 4.69) is 42.2 Å². The number of rotatable bonds is 2. The molecular weight excluding hydrogens is 354 g/mol. The van der Waals surface area contributed by atoms with Gasteiger partial charge in [-0.3, -0.25) is 4.98 Å². The molecule has 130 valence electrons. The second kappa shape index (κ2) is 6.22. The molecule has 2 aromatic heterocycles. The lowest BCUT2D eigenvalue weighted by Crippen LogP contribution is -1.97. The zero-order chi connectivity index (χ0) is 18.4. The summed E-state index contributed by atoms with van der Waals surface area (Å²) < 4.78 is 1.97. The summed E-state index contributed by atoms with van der Waals surface area (Å²) in [5.74, 6) is 0. The van der Waals surface area contributed by atoms with Gasteiger partial charge in [0.25, 0.3) is 0 Å². The summed E-state index contributed by atoms with van der Waals surface area (Å²) in [6, 6.07) is 24.3. The minimum Gasteiger partial charge on any atom is -0.255 e. The van der Waals surface area contributed by atoms with E-state index in [1.165, 1.54) is 5.56 Å². The molecule has 0 N–H and O–H groups in total. The van der Waals surface area contributed by atoms with Crippen LogP contribution in [0.25, 0.3) is 38.8 Å².